The first kappa shape index (κ1) is 30.5. The van der Waals surface area contributed by atoms with Crippen molar-refractivity contribution < 1.29 is 52.6 Å². The minimum Gasteiger partial charge on any atom is -1.00 e. The highest BCUT2D eigenvalue weighted by atomic mass is 127. The van der Waals surface area contributed by atoms with Crippen LogP contribution in [-0.2, 0) is 27.3 Å². The van der Waals surface area contributed by atoms with E-state index in [9.17, 15) is 14.7 Å². The molecular formula is C33H38IN3O5. The van der Waals surface area contributed by atoms with E-state index in [0.717, 1.165) is 39.6 Å². The first-order chi connectivity index (χ1) is 19.8. The van der Waals surface area contributed by atoms with Gasteiger partial charge in [-0.3, -0.25) is 10.1 Å². The van der Waals surface area contributed by atoms with Crippen LogP contribution in [0.5, 0.6) is 0 Å². The lowest BCUT2D eigenvalue weighted by atomic mass is 9.96. The average Bonchev–Trinajstić information content (AvgIpc) is 3.73. The molecule has 0 spiro atoms. The predicted molar refractivity (Wildman–Crippen MR) is 157 cm³/mol. The molecule has 2 bridgehead atoms. The van der Waals surface area contributed by atoms with Crippen molar-refractivity contribution in [1.29, 1.82) is 0 Å². The Balaban J connectivity index is 0.00000353. The summed E-state index contributed by atoms with van der Waals surface area (Å²) in [4.78, 5) is 25.6. The van der Waals surface area contributed by atoms with Crippen molar-refractivity contribution in [3.63, 3.8) is 0 Å². The standard InChI is InChI=1S/C33H37N3O5.HI/c1-36(2)28-18-25(19-29(36)32-31(28)41-32)40-33(39)35-27-17-21(13-16-26(27)23-8-4-3-5-9-23)7-6-10-30(38)34-24-14-11-22(20-37)12-15-24;/h3-5,8-9,11-17,25,28-29,31-32,37H,6-7,10,18-20H2,1-2H3,(H-,34,35,38,39);1H/t25-,28-,29+,31-,32+;. The number of benzene rings is 3. The van der Waals surface area contributed by atoms with Crippen molar-refractivity contribution >= 4 is 23.4 Å². The quantitative estimate of drug-likeness (QED) is 0.183. The molecule has 0 aromatic heterocycles. The van der Waals surface area contributed by atoms with E-state index < -0.39 is 6.09 Å². The van der Waals surface area contributed by atoms with Gasteiger partial charge in [-0.05, 0) is 47.7 Å². The summed E-state index contributed by atoms with van der Waals surface area (Å²) in [6.45, 7) is -0.0264. The van der Waals surface area contributed by atoms with Crippen molar-refractivity contribution in [2.45, 2.75) is 69.1 Å². The fourth-order valence-corrected chi connectivity index (χ4v) is 6.68. The first-order valence-electron chi connectivity index (χ1n) is 14.5. The van der Waals surface area contributed by atoms with Crippen molar-refractivity contribution in [2.24, 2.45) is 0 Å². The highest BCUT2D eigenvalue weighted by molar-refractivity contribution is 5.92. The number of morpholine rings is 1. The van der Waals surface area contributed by atoms with E-state index in [1.54, 1.807) is 24.3 Å². The Labute approximate surface area is 264 Å². The molecule has 3 saturated heterocycles. The number of nitrogens with zero attached hydrogens (tertiary/aromatic N) is 1. The Bertz CT molecular complexity index is 1390. The Kier molecular flexibility index (Phi) is 9.22. The third kappa shape index (κ3) is 6.49. The van der Waals surface area contributed by atoms with Crippen LogP contribution in [-0.4, -0.2) is 66.1 Å². The van der Waals surface area contributed by atoms with Crippen LogP contribution < -0.4 is 34.6 Å². The van der Waals surface area contributed by atoms with Gasteiger partial charge in [-0.2, -0.15) is 0 Å². The van der Waals surface area contributed by atoms with Gasteiger partial charge < -0.3 is 48.4 Å². The van der Waals surface area contributed by atoms with Crippen LogP contribution in [0.25, 0.3) is 11.1 Å². The maximum Gasteiger partial charge on any atom is 0.411 e. The number of hydrogen-bond donors (Lipinski definition) is 3. The number of quaternary nitrogens is 1. The molecule has 2 amide bonds. The van der Waals surface area contributed by atoms with Crippen LogP contribution in [0.1, 0.15) is 36.8 Å². The number of hydrogen-bond acceptors (Lipinski definition) is 5. The number of aliphatic hydroxyl groups excluding tert-OH is 1. The fourth-order valence-electron chi connectivity index (χ4n) is 6.68. The monoisotopic (exact) mass is 683 g/mol. The lowest BCUT2D eigenvalue weighted by Crippen LogP contribution is -3.00. The van der Waals surface area contributed by atoms with Gasteiger partial charge in [-0.15, -0.1) is 0 Å². The molecule has 3 fully saturated rings. The molecule has 0 saturated carbocycles. The smallest absolute Gasteiger partial charge is 0.411 e. The molecule has 0 unspecified atom stereocenters. The first-order valence-corrected chi connectivity index (χ1v) is 14.5. The highest BCUT2D eigenvalue weighted by Crippen LogP contribution is 2.51. The summed E-state index contributed by atoms with van der Waals surface area (Å²) in [7, 11) is 4.52. The number of piperidine rings is 1. The predicted octanol–water partition coefficient (Wildman–Crippen LogP) is 2.12. The van der Waals surface area contributed by atoms with E-state index >= 15 is 0 Å². The van der Waals surface area contributed by atoms with Gasteiger partial charge in [0.05, 0.1) is 26.4 Å². The van der Waals surface area contributed by atoms with E-state index in [1.165, 1.54) is 0 Å². The van der Waals surface area contributed by atoms with Gasteiger partial charge in [-0.25, -0.2) is 4.79 Å². The number of anilines is 2. The van der Waals surface area contributed by atoms with Crippen molar-refractivity contribution in [3.8, 4) is 11.1 Å². The molecule has 6 rings (SSSR count). The number of amides is 2. The Morgan fingerprint density at radius 2 is 1.60 bits per heavy atom. The third-order valence-electron chi connectivity index (χ3n) is 9.01. The second kappa shape index (κ2) is 12.7. The number of carbonyl (C=O) groups is 2. The molecule has 222 valence electrons. The SMILES string of the molecule is C[N+]1(C)[C@@H]2C[C@@H](OC(=O)Nc3cc(CCCC(=O)Nc4ccc(CO)cc4)ccc3-c3ccccc3)C[C@H]1[C@@H]1O[C@@H]12.[I-]. The number of halogens is 1. The van der Waals surface area contributed by atoms with Crippen LogP contribution in [0.4, 0.5) is 16.2 Å². The number of aryl methyl sites for hydroxylation is 1. The normalized spacial score (nSPS) is 24.6. The maximum absolute atomic E-state index is 13.1. The van der Waals surface area contributed by atoms with Gasteiger partial charge in [-0.1, -0.05) is 54.6 Å². The van der Waals surface area contributed by atoms with E-state index in [0.29, 0.717) is 54.9 Å². The summed E-state index contributed by atoms with van der Waals surface area (Å²) in [5, 5.41) is 15.1. The van der Waals surface area contributed by atoms with E-state index in [2.05, 4.69) is 30.8 Å². The number of rotatable bonds is 9. The number of nitrogens with one attached hydrogen (secondary N) is 2. The van der Waals surface area contributed by atoms with Crippen LogP contribution in [0.15, 0.2) is 72.8 Å². The summed E-state index contributed by atoms with van der Waals surface area (Å²) in [6, 6.07) is 23.9. The zero-order valence-electron chi connectivity index (χ0n) is 24.0. The molecule has 3 aliphatic heterocycles. The van der Waals surface area contributed by atoms with Gasteiger partial charge in [0.2, 0.25) is 5.91 Å². The summed E-state index contributed by atoms with van der Waals surface area (Å²) in [5.41, 5.74) is 5.18. The second-order valence-electron chi connectivity index (χ2n) is 12.0. The topological polar surface area (TPSA) is 100 Å². The fraction of sp³-hybridized carbons (Fsp3) is 0.394. The number of aliphatic hydroxyl groups is 1. The van der Waals surface area contributed by atoms with E-state index in [4.69, 9.17) is 9.47 Å². The van der Waals surface area contributed by atoms with Crippen LogP contribution in [0, 0.1) is 0 Å². The van der Waals surface area contributed by atoms with E-state index in [-0.39, 0.29) is 42.6 Å². The van der Waals surface area contributed by atoms with Crippen molar-refractivity contribution in [2.75, 3.05) is 24.7 Å². The molecule has 0 radical (unpaired) electrons. The molecule has 3 heterocycles. The number of fused-ring (bicyclic) bond motifs is 5. The number of epoxide rings is 1. The molecule has 0 aliphatic carbocycles. The summed E-state index contributed by atoms with van der Waals surface area (Å²) < 4.78 is 12.8. The lowest BCUT2D eigenvalue weighted by molar-refractivity contribution is -0.938. The second-order valence-corrected chi connectivity index (χ2v) is 12.0. The molecule has 5 atom stereocenters. The number of carbonyl (C=O) groups excluding carboxylic acids is 2. The molecule has 3 aromatic carbocycles. The van der Waals surface area contributed by atoms with Crippen LogP contribution >= 0.6 is 0 Å². The van der Waals surface area contributed by atoms with Gasteiger partial charge in [0, 0.05) is 30.5 Å². The van der Waals surface area contributed by atoms with Crippen LogP contribution in [0.2, 0.25) is 0 Å². The largest absolute Gasteiger partial charge is 1.00 e. The summed E-state index contributed by atoms with van der Waals surface area (Å²) >= 11 is 0. The van der Waals surface area contributed by atoms with Crippen LogP contribution in [0.3, 0.4) is 0 Å². The van der Waals surface area contributed by atoms with Crippen molar-refractivity contribution in [1.82, 2.24) is 0 Å². The van der Waals surface area contributed by atoms with E-state index in [1.807, 2.05) is 42.5 Å². The minimum atomic E-state index is -0.433. The molecule has 3 aliphatic rings. The zero-order valence-corrected chi connectivity index (χ0v) is 26.1. The molecular weight excluding hydrogens is 645 g/mol. The summed E-state index contributed by atoms with van der Waals surface area (Å²) in [6.07, 6.45) is 3.43. The van der Waals surface area contributed by atoms with Gasteiger partial charge in [0.25, 0.3) is 0 Å². The average molecular weight is 684 g/mol. The minimum absolute atomic E-state index is 0. The molecule has 42 heavy (non-hydrogen) atoms. The van der Waals surface area contributed by atoms with Gasteiger partial charge in [0.1, 0.15) is 30.4 Å². The molecule has 3 N–H and O–H groups in total. The highest BCUT2D eigenvalue weighted by Gasteiger charge is 2.70. The molecule has 9 heteroatoms. The Hall–Kier alpha value is -2.99. The number of likely N-dealkylation sites (N-methyl/N-ethyl adjacent to an activating group) is 1. The van der Waals surface area contributed by atoms with Crippen molar-refractivity contribution in [3.05, 3.63) is 83.9 Å². The molecule has 3 aromatic rings. The maximum atomic E-state index is 13.1. The Morgan fingerprint density at radius 3 is 2.26 bits per heavy atom. The zero-order chi connectivity index (χ0) is 28.6. The van der Waals surface area contributed by atoms with Gasteiger partial charge >= 0.3 is 6.09 Å². The lowest BCUT2D eigenvalue weighted by Gasteiger charge is -2.45. The summed E-state index contributed by atoms with van der Waals surface area (Å²) in [5.74, 6) is -0.0594. The van der Waals surface area contributed by atoms with Gasteiger partial charge in [0.15, 0.2) is 0 Å². The third-order valence-corrected chi connectivity index (χ3v) is 9.01. The molecule has 8 nitrogen and oxygen atoms in total. The number of ether oxygens (including phenoxy) is 2. The Morgan fingerprint density at radius 1 is 0.929 bits per heavy atom.